The zero-order valence-corrected chi connectivity index (χ0v) is 21.1. The lowest BCUT2D eigenvalue weighted by Gasteiger charge is -2.32. The maximum Gasteiger partial charge on any atom is 0.341 e. The van der Waals surface area contributed by atoms with Gasteiger partial charge in [-0.3, -0.25) is 14.5 Å². The molecule has 4 rings (SSSR count). The van der Waals surface area contributed by atoms with Gasteiger partial charge in [-0.05, 0) is 94.0 Å². The van der Waals surface area contributed by atoms with E-state index in [1.807, 2.05) is 13.8 Å². The van der Waals surface area contributed by atoms with Gasteiger partial charge < -0.3 is 10.4 Å². The van der Waals surface area contributed by atoms with E-state index < -0.39 is 11.8 Å². The third-order valence-electron chi connectivity index (χ3n) is 6.77. The largest absolute Gasteiger partial charge is 0.477 e. The summed E-state index contributed by atoms with van der Waals surface area (Å²) >= 11 is 0. The van der Waals surface area contributed by atoms with Crippen LogP contribution < -0.4 is 10.2 Å². The third-order valence-corrected chi connectivity index (χ3v) is 6.77. The molecule has 1 aliphatic rings. The number of rotatable bonds is 7. The highest BCUT2D eigenvalue weighted by atomic mass is 19.1. The standard InChI is InChI=1S/C28H31FN4O4/c1-17(2)33(27(35)20-6-4-18(3)5-7-20)25-24(28(36)37)16-32(31-25)23-14-8-19(9-15-23)26(34)30-22-12-10-21(29)11-13-22/h8-18,20H,4-7H2,1-3H3,(H,30,34)(H,36,37). The summed E-state index contributed by atoms with van der Waals surface area (Å²) in [6, 6.07) is 11.6. The van der Waals surface area contributed by atoms with Crippen molar-refractivity contribution in [3.63, 3.8) is 0 Å². The number of hydrogen-bond donors (Lipinski definition) is 2. The van der Waals surface area contributed by atoms with Crippen LogP contribution in [-0.2, 0) is 4.79 Å². The van der Waals surface area contributed by atoms with Crippen LogP contribution in [0.5, 0.6) is 0 Å². The molecule has 2 amide bonds. The molecule has 1 fully saturated rings. The van der Waals surface area contributed by atoms with Crippen molar-refractivity contribution in [2.24, 2.45) is 11.8 Å². The number of carboxylic acid groups (broad SMARTS) is 1. The van der Waals surface area contributed by atoms with E-state index in [0.717, 1.165) is 25.7 Å². The third kappa shape index (κ3) is 5.87. The predicted molar refractivity (Wildman–Crippen MR) is 139 cm³/mol. The van der Waals surface area contributed by atoms with Crippen LogP contribution in [0.15, 0.2) is 54.7 Å². The number of carbonyl (C=O) groups is 3. The first kappa shape index (κ1) is 26.1. The molecule has 37 heavy (non-hydrogen) atoms. The molecule has 0 saturated heterocycles. The highest BCUT2D eigenvalue weighted by Crippen LogP contribution is 2.32. The fraction of sp³-hybridized carbons (Fsp3) is 0.357. The molecule has 0 bridgehead atoms. The van der Waals surface area contributed by atoms with Gasteiger partial charge in [-0.25, -0.2) is 13.9 Å². The molecule has 0 spiro atoms. The Morgan fingerprint density at radius 1 is 1.03 bits per heavy atom. The van der Waals surface area contributed by atoms with Gasteiger partial charge in [-0.15, -0.1) is 5.10 Å². The Morgan fingerprint density at radius 3 is 2.22 bits per heavy atom. The van der Waals surface area contributed by atoms with E-state index in [-0.39, 0.29) is 35.2 Å². The Morgan fingerprint density at radius 2 is 1.65 bits per heavy atom. The van der Waals surface area contributed by atoms with Gasteiger partial charge in [-0.2, -0.15) is 0 Å². The Kier molecular flexibility index (Phi) is 7.71. The lowest BCUT2D eigenvalue weighted by atomic mass is 9.82. The number of nitrogens with zero attached hydrogens (tertiary/aromatic N) is 3. The van der Waals surface area contributed by atoms with Gasteiger partial charge >= 0.3 is 5.97 Å². The fourth-order valence-corrected chi connectivity index (χ4v) is 4.64. The second-order valence-electron chi connectivity index (χ2n) is 9.88. The SMILES string of the molecule is CC1CCC(C(=O)N(c2nn(-c3ccc(C(=O)Nc4ccc(F)cc4)cc3)cc2C(=O)O)C(C)C)CC1. The fourth-order valence-electron chi connectivity index (χ4n) is 4.64. The number of aromatic carboxylic acids is 1. The Bertz CT molecular complexity index is 1280. The number of hydrogen-bond acceptors (Lipinski definition) is 4. The molecule has 3 aromatic rings. The molecule has 0 unspecified atom stereocenters. The van der Waals surface area contributed by atoms with Crippen molar-refractivity contribution in [1.82, 2.24) is 9.78 Å². The summed E-state index contributed by atoms with van der Waals surface area (Å²) in [5.41, 5.74) is 1.30. The van der Waals surface area contributed by atoms with Gasteiger partial charge in [0.1, 0.15) is 11.4 Å². The molecule has 2 N–H and O–H groups in total. The minimum absolute atomic E-state index is 0.0654. The van der Waals surface area contributed by atoms with Gasteiger partial charge in [0.2, 0.25) is 5.91 Å². The van der Waals surface area contributed by atoms with E-state index in [9.17, 15) is 23.9 Å². The summed E-state index contributed by atoms with van der Waals surface area (Å²) in [6.07, 6.45) is 4.91. The molecule has 0 radical (unpaired) electrons. The van der Waals surface area contributed by atoms with Crippen LogP contribution in [0.25, 0.3) is 5.69 Å². The molecular formula is C28H31FN4O4. The number of benzene rings is 2. The van der Waals surface area contributed by atoms with Gasteiger partial charge in [0.15, 0.2) is 5.82 Å². The van der Waals surface area contributed by atoms with E-state index in [2.05, 4.69) is 17.3 Å². The zero-order chi connectivity index (χ0) is 26.7. The van der Waals surface area contributed by atoms with Gasteiger partial charge in [0.25, 0.3) is 5.91 Å². The molecule has 8 nitrogen and oxygen atoms in total. The maximum absolute atomic E-state index is 13.5. The first-order chi connectivity index (χ1) is 17.6. The Hall–Kier alpha value is -4.01. The van der Waals surface area contributed by atoms with Crippen LogP contribution >= 0.6 is 0 Å². The summed E-state index contributed by atoms with van der Waals surface area (Å²) in [4.78, 5) is 39.6. The molecule has 0 aliphatic heterocycles. The summed E-state index contributed by atoms with van der Waals surface area (Å²) in [7, 11) is 0. The lowest BCUT2D eigenvalue weighted by Crippen LogP contribution is -2.43. The van der Waals surface area contributed by atoms with Gasteiger partial charge in [0, 0.05) is 29.4 Å². The highest BCUT2D eigenvalue weighted by molar-refractivity contribution is 6.04. The number of anilines is 2. The van der Waals surface area contributed by atoms with Gasteiger partial charge in [-0.1, -0.05) is 6.92 Å². The topological polar surface area (TPSA) is 105 Å². The van der Waals surface area contributed by atoms with Crippen LogP contribution in [0.4, 0.5) is 15.9 Å². The van der Waals surface area contributed by atoms with Crippen LogP contribution in [0.2, 0.25) is 0 Å². The van der Waals surface area contributed by atoms with E-state index in [1.54, 1.807) is 24.3 Å². The van der Waals surface area contributed by atoms with E-state index in [1.165, 1.54) is 40.0 Å². The maximum atomic E-state index is 13.5. The Balaban J connectivity index is 1.58. The van der Waals surface area contributed by atoms with Crippen LogP contribution in [0, 0.1) is 17.7 Å². The number of amides is 2. The minimum atomic E-state index is -1.17. The van der Waals surface area contributed by atoms with Crippen LogP contribution in [0.1, 0.15) is 67.2 Å². The van der Waals surface area contributed by atoms with Crippen molar-refractivity contribution in [3.05, 3.63) is 71.7 Å². The average molecular weight is 507 g/mol. The number of aromatic nitrogens is 2. The molecule has 1 heterocycles. The van der Waals surface area contributed by atoms with Crippen molar-refractivity contribution in [1.29, 1.82) is 0 Å². The van der Waals surface area contributed by atoms with Gasteiger partial charge in [0.05, 0.1) is 5.69 Å². The highest BCUT2D eigenvalue weighted by Gasteiger charge is 2.34. The Labute approximate surface area is 215 Å². The van der Waals surface area contributed by atoms with Crippen molar-refractivity contribution >= 4 is 29.3 Å². The number of carboxylic acids is 1. The molecule has 2 aromatic carbocycles. The lowest BCUT2D eigenvalue weighted by molar-refractivity contribution is -0.124. The normalized spacial score (nSPS) is 17.4. The molecule has 0 atom stereocenters. The molecule has 1 saturated carbocycles. The first-order valence-electron chi connectivity index (χ1n) is 12.5. The zero-order valence-electron chi connectivity index (χ0n) is 21.1. The quantitative estimate of drug-likeness (QED) is 0.438. The summed E-state index contributed by atoms with van der Waals surface area (Å²) < 4.78 is 14.5. The number of carbonyl (C=O) groups excluding carboxylic acids is 2. The molecule has 194 valence electrons. The molecule has 9 heteroatoms. The van der Waals surface area contributed by atoms with Crippen LogP contribution in [-0.4, -0.2) is 38.7 Å². The summed E-state index contributed by atoms with van der Waals surface area (Å²) in [5, 5.41) is 17.1. The van der Waals surface area contributed by atoms with Crippen LogP contribution in [0.3, 0.4) is 0 Å². The molecule has 1 aromatic heterocycles. The molecular weight excluding hydrogens is 475 g/mol. The van der Waals surface area contributed by atoms with E-state index >= 15 is 0 Å². The number of nitrogens with one attached hydrogen (secondary N) is 1. The molecule has 1 aliphatic carbocycles. The van der Waals surface area contributed by atoms with E-state index in [0.29, 0.717) is 22.9 Å². The average Bonchev–Trinajstić information content (AvgIpc) is 3.31. The van der Waals surface area contributed by atoms with Crippen molar-refractivity contribution in [2.75, 3.05) is 10.2 Å². The minimum Gasteiger partial charge on any atom is -0.477 e. The number of halogens is 1. The smallest absolute Gasteiger partial charge is 0.341 e. The van der Waals surface area contributed by atoms with Crippen molar-refractivity contribution in [3.8, 4) is 5.69 Å². The predicted octanol–water partition coefficient (Wildman–Crippen LogP) is 5.53. The second kappa shape index (κ2) is 10.9. The second-order valence-corrected chi connectivity index (χ2v) is 9.88. The summed E-state index contributed by atoms with van der Waals surface area (Å²) in [6.45, 7) is 5.88. The van der Waals surface area contributed by atoms with Crippen molar-refractivity contribution < 1.29 is 23.9 Å². The monoisotopic (exact) mass is 506 g/mol. The first-order valence-corrected chi connectivity index (χ1v) is 12.5. The van der Waals surface area contributed by atoms with Crippen molar-refractivity contribution in [2.45, 2.75) is 52.5 Å². The van der Waals surface area contributed by atoms with E-state index in [4.69, 9.17) is 0 Å². The summed E-state index contributed by atoms with van der Waals surface area (Å²) in [5.74, 6) is -1.48.